The van der Waals surface area contributed by atoms with Crippen molar-refractivity contribution in [3.05, 3.63) is 35.9 Å². The van der Waals surface area contributed by atoms with Gasteiger partial charge in [0, 0.05) is 0 Å². The Hall–Kier alpha value is -1.84. The Kier molecular flexibility index (Phi) is 4.23. The van der Waals surface area contributed by atoms with E-state index in [4.69, 9.17) is 4.74 Å². The van der Waals surface area contributed by atoms with E-state index in [9.17, 15) is 9.59 Å². The number of carbonyl (C=O) groups is 2. The van der Waals surface area contributed by atoms with E-state index < -0.39 is 0 Å². The summed E-state index contributed by atoms with van der Waals surface area (Å²) in [4.78, 5) is 23.6. The molecule has 1 amide bonds. The highest BCUT2D eigenvalue weighted by Gasteiger charge is 2.33. The lowest BCUT2D eigenvalue weighted by Crippen LogP contribution is -2.35. The number of benzene rings is 1. The van der Waals surface area contributed by atoms with Crippen LogP contribution in [0, 0.1) is 11.8 Å². The monoisotopic (exact) mass is 287 g/mol. The van der Waals surface area contributed by atoms with Gasteiger partial charge in [0.05, 0.1) is 12.0 Å². The van der Waals surface area contributed by atoms with Crippen molar-refractivity contribution in [2.45, 2.75) is 38.1 Å². The predicted molar refractivity (Wildman–Crippen MR) is 78.3 cm³/mol. The van der Waals surface area contributed by atoms with Gasteiger partial charge in [-0.3, -0.25) is 9.59 Å². The molecule has 1 aromatic rings. The van der Waals surface area contributed by atoms with Crippen LogP contribution in [0.1, 0.15) is 43.7 Å². The van der Waals surface area contributed by atoms with Gasteiger partial charge < -0.3 is 10.1 Å². The molecule has 0 heterocycles. The number of rotatable bonds is 6. The summed E-state index contributed by atoms with van der Waals surface area (Å²) >= 11 is 0. The third-order valence-electron chi connectivity index (χ3n) is 4.35. The number of esters is 1. The molecule has 0 spiro atoms. The van der Waals surface area contributed by atoms with Crippen LogP contribution in [0.3, 0.4) is 0 Å². The van der Waals surface area contributed by atoms with Crippen molar-refractivity contribution >= 4 is 11.9 Å². The number of hydrogen-bond acceptors (Lipinski definition) is 3. The van der Waals surface area contributed by atoms with Crippen LogP contribution in [0.2, 0.25) is 0 Å². The fourth-order valence-corrected chi connectivity index (χ4v) is 2.68. The molecule has 4 heteroatoms. The standard InChI is InChI=1S/C17H21NO3/c19-15(11-21-17(20)14-7-4-8-14)18-16(13-9-10-13)12-5-2-1-3-6-12/h1-3,5-6,13-14,16H,4,7-11H2,(H,18,19). The molecule has 0 saturated heterocycles. The highest BCUT2D eigenvalue weighted by atomic mass is 16.5. The minimum Gasteiger partial charge on any atom is -0.455 e. The van der Waals surface area contributed by atoms with Crippen LogP contribution in [0.5, 0.6) is 0 Å². The maximum absolute atomic E-state index is 12.0. The number of carbonyl (C=O) groups excluding carboxylic acids is 2. The molecule has 1 atom stereocenters. The zero-order valence-electron chi connectivity index (χ0n) is 12.1. The Labute approximate surface area is 124 Å². The Balaban J connectivity index is 1.51. The average molecular weight is 287 g/mol. The van der Waals surface area contributed by atoms with E-state index in [2.05, 4.69) is 5.32 Å². The smallest absolute Gasteiger partial charge is 0.309 e. The molecule has 1 N–H and O–H groups in total. The molecule has 1 unspecified atom stereocenters. The van der Waals surface area contributed by atoms with Crippen molar-refractivity contribution in [3.63, 3.8) is 0 Å². The summed E-state index contributed by atoms with van der Waals surface area (Å²) in [5.74, 6) is 0.104. The number of amides is 1. The number of hydrogen-bond donors (Lipinski definition) is 1. The molecular formula is C17H21NO3. The Morgan fingerprint density at radius 2 is 1.86 bits per heavy atom. The van der Waals surface area contributed by atoms with Gasteiger partial charge in [-0.25, -0.2) is 0 Å². The second kappa shape index (κ2) is 6.29. The molecule has 3 rings (SSSR count). The predicted octanol–water partition coefficient (Wildman–Crippen LogP) is 2.60. The molecule has 2 aliphatic rings. The van der Waals surface area contributed by atoms with Gasteiger partial charge in [-0.2, -0.15) is 0 Å². The van der Waals surface area contributed by atoms with Crippen molar-refractivity contribution in [1.82, 2.24) is 5.32 Å². The first kappa shape index (κ1) is 14.1. The summed E-state index contributed by atoms with van der Waals surface area (Å²) in [6.07, 6.45) is 5.16. The average Bonchev–Trinajstić information content (AvgIpc) is 3.26. The van der Waals surface area contributed by atoms with E-state index in [1.165, 1.54) is 0 Å². The van der Waals surface area contributed by atoms with Crippen LogP contribution < -0.4 is 5.32 Å². The minimum absolute atomic E-state index is 0.0196. The van der Waals surface area contributed by atoms with E-state index in [1.54, 1.807) is 0 Å². The van der Waals surface area contributed by atoms with Crippen LogP contribution >= 0.6 is 0 Å². The lowest BCUT2D eigenvalue weighted by Gasteiger charge is -2.23. The zero-order chi connectivity index (χ0) is 14.7. The van der Waals surface area contributed by atoms with E-state index in [0.29, 0.717) is 5.92 Å². The third kappa shape index (κ3) is 3.63. The van der Waals surface area contributed by atoms with Gasteiger partial charge >= 0.3 is 5.97 Å². The quantitative estimate of drug-likeness (QED) is 0.818. The molecule has 4 nitrogen and oxygen atoms in total. The van der Waals surface area contributed by atoms with Crippen LogP contribution in [-0.2, 0) is 14.3 Å². The first-order chi connectivity index (χ1) is 10.2. The molecule has 2 fully saturated rings. The molecule has 0 radical (unpaired) electrons. The topological polar surface area (TPSA) is 55.4 Å². The second-order valence-electron chi connectivity index (χ2n) is 6.03. The first-order valence-corrected chi connectivity index (χ1v) is 7.75. The summed E-state index contributed by atoms with van der Waals surface area (Å²) < 4.78 is 5.09. The minimum atomic E-state index is -0.223. The Bertz CT molecular complexity index is 506. The molecule has 2 saturated carbocycles. The summed E-state index contributed by atoms with van der Waals surface area (Å²) in [5.41, 5.74) is 1.12. The van der Waals surface area contributed by atoms with Crippen LogP contribution in [-0.4, -0.2) is 18.5 Å². The second-order valence-corrected chi connectivity index (χ2v) is 6.03. The summed E-state index contributed by atoms with van der Waals surface area (Å²) in [7, 11) is 0. The van der Waals surface area contributed by atoms with E-state index >= 15 is 0 Å². The number of ether oxygens (including phenoxy) is 1. The van der Waals surface area contributed by atoms with Crippen LogP contribution in [0.15, 0.2) is 30.3 Å². The van der Waals surface area contributed by atoms with Crippen molar-refractivity contribution in [3.8, 4) is 0 Å². The Morgan fingerprint density at radius 1 is 1.14 bits per heavy atom. The maximum Gasteiger partial charge on any atom is 0.309 e. The van der Waals surface area contributed by atoms with Crippen LogP contribution in [0.4, 0.5) is 0 Å². The number of nitrogens with one attached hydrogen (secondary N) is 1. The van der Waals surface area contributed by atoms with Gasteiger partial charge in [0.1, 0.15) is 0 Å². The molecular weight excluding hydrogens is 266 g/mol. The van der Waals surface area contributed by atoms with E-state index in [0.717, 1.165) is 37.7 Å². The molecule has 1 aromatic carbocycles. The summed E-state index contributed by atoms with van der Waals surface area (Å²) in [6.45, 7) is -0.161. The first-order valence-electron chi connectivity index (χ1n) is 7.75. The van der Waals surface area contributed by atoms with Crippen molar-refractivity contribution < 1.29 is 14.3 Å². The fraction of sp³-hybridized carbons (Fsp3) is 0.529. The zero-order valence-corrected chi connectivity index (χ0v) is 12.1. The molecule has 21 heavy (non-hydrogen) atoms. The van der Waals surface area contributed by atoms with Gasteiger partial charge in [0.2, 0.25) is 0 Å². The van der Waals surface area contributed by atoms with Crippen molar-refractivity contribution in [2.75, 3.05) is 6.61 Å². The molecule has 112 valence electrons. The lowest BCUT2D eigenvalue weighted by molar-refractivity contribution is -0.155. The highest BCUT2D eigenvalue weighted by molar-refractivity contribution is 5.81. The molecule has 0 aliphatic heterocycles. The largest absolute Gasteiger partial charge is 0.455 e. The fourth-order valence-electron chi connectivity index (χ4n) is 2.68. The van der Waals surface area contributed by atoms with Gasteiger partial charge in [-0.1, -0.05) is 36.8 Å². The SMILES string of the molecule is O=C(COC(=O)C1CCC1)NC(c1ccccc1)C1CC1. The van der Waals surface area contributed by atoms with Gasteiger partial charge in [0.25, 0.3) is 5.91 Å². The van der Waals surface area contributed by atoms with Gasteiger partial charge in [0.15, 0.2) is 6.61 Å². The normalized spacial score (nSPS) is 19.4. The van der Waals surface area contributed by atoms with Gasteiger partial charge in [-0.15, -0.1) is 0 Å². The van der Waals surface area contributed by atoms with Crippen LogP contribution in [0.25, 0.3) is 0 Å². The highest BCUT2D eigenvalue weighted by Crippen LogP contribution is 2.40. The van der Waals surface area contributed by atoms with Crippen molar-refractivity contribution in [2.24, 2.45) is 11.8 Å². The van der Waals surface area contributed by atoms with E-state index in [-0.39, 0.29) is 30.4 Å². The Morgan fingerprint density at radius 3 is 2.43 bits per heavy atom. The maximum atomic E-state index is 12.0. The molecule has 0 bridgehead atoms. The van der Waals surface area contributed by atoms with Crippen molar-refractivity contribution in [1.29, 1.82) is 0 Å². The summed E-state index contributed by atoms with van der Waals surface area (Å²) in [5, 5.41) is 3.01. The lowest BCUT2D eigenvalue weighted by atomic mass is 9.86. The van der Waals surface area contributed by atoms with E-state index in [1.807, 2.05) is 30.3 Å². The molecule has 2 aliphatic carbocycles. The third-order valence-corrected chi connectivity index (χ3v) is 4.35. The van der Waals surface area contributed by atoms with Gasteiger partial charge in [-0.05, 0) is 37.2 Å². The summed E-state index contributed by atoms with van der Waals surface area (Å²) in [6, 6.07) is 10.0. The molecule has 0 aromatic heterocycles.